The predicted octanol–water partition coefficient (Wildman–Crippen LogP) is 2.52. The Hall–Kier alpha value is -2.95. The van der Waals surface area contributed by atoms with E-state index in [1.807, 2.05) is 13.8 Å². The molecule has 170 valence electrons. The van der Waals surface area contributed by atoms with Gasteiger partial charge in [-0.3, -0.25) is 9.69 Å². The number of aliphatic hydroxyl groups excluding tert-OH is 1. The molecule has 2 fully saturated rings. The zero-order valence-corrected chi connectivity index (χ0v) is 18.0. The van der Waals surface area contributed by atoms with Crippen molar-refractivity contribution in [2.45, 2.75) is 63.5 Å². The molecule has 3 aliphatic rings. The number of alkyl halides is 2. The van der Waals surface area contributed by atoms with Gasteiger partial charge in [-0.1, -0.05) is 0 Å². The zero-order valence-electron chi connectivity index (χ0n) is 18.0. The molecule has 1 saturated heterocycles. The Bertz CT molecular complexity index is 1050. The van der Waals surface area contributed by atoms with Crippen LogP contribution in [0.15, 0.2) is 12.4 Å². The van der Waals surface area contributed by atoms with Gasteiger partial charge in [0.15, 0.2) is 5.82 Å². The third-order valence-electron chi connectivity index (χ3n) is 6.23. The maximum atomic E-state index is 13.4. The fraction of sp³-hybridized carbons (Fsp3) is 0.571. The predicted molar refractivity (Wildman–Crippen MR) is 113 cm³/mol. The van der Waals surface area contributed by atoms with E-state index >= 15 is 0 Å². The lowest BCUT2D eigenvalue weighted by Gasteiger charge is -2.31. The molecular weight excluding hydrogens is 420 g/mol. The lowest BCUT2D eigenvalue weighted by molar-refractivity contribution is -0.121. The average molecular weight is 445 g/mol. The highest BCUT2D eigenvalue weighted by Gasteiger charge is 2.49. The third kappa shape index (κ3) is 3.54. The number of nitrogens with one attached hydrogen (secondary N) is 1. The molecule has 9 nitrogen and oxygen atoms in total. The van der Waals surface area contributed by atoms with Crippen molar-refractivity contribution in [1.82, 2.24) is 19.9 Å². The maximum Gasteiger partial charge on any atom is 0.251 e. The number of piperidine rings is 1. The van der Waals surface area contributed by atoms with Crippen LogP contribution in [0.3, 0.4) is 0 Å². The van der Waals surface area contributed by atoms with Crippen molar-refractivity contribution in [3.63, 3.8) is 0 Å². The number of aliphatic hydroxyl groups is 1. The molecule has 2 N–H and O–H groups in total. The van der Waals surface area contributed by atoms with Crippen LogP contribution in [0.5, 0.6) is 0 Å². The molecular formula is C21H25F2N7O2. The van der Waals surface area contributed by atoms with Crippen LogP contribution in [0.1, 0.15) is 50.9 Å². The summed E-state index contributed by atoms with van der Waals surface area (Å²) in [6.07, 6.45) is 4.61. The molecule has 11 heteroatoms. The molecule has 0 aromatic carbocycles. The summed E-state index contributed by atoms with van der Waals surface area (Å²) in [7, 11) is 0. The van der Waals surface area contributed by atoms with Crippen LogP contribution in [0.4, 0.5) is 32.1 Å². The third-order valence-corrected chi connectivity index (χ3v) is 6.23. The maximum absolute atomic E-state index is 13.4. The molecule has 0 unspecified atom stereocenters. The van der Waals surface area contributed by atoms with Crippen LogP contribution in [0.25, 0.3) is 0 Å². The number of hydrogen-bond acceptors (Lipinski definition) is 8. The summed E-state index contributed by atoms with van der Waals surface area (Å²) >= 11 is 0. The second-order valence-corrected chi connectivity index (χ2v) is 9.11. The number of aromatic nitrogens is 4. The molecule has 32 heavy (non-hydrogen) atoms. The van der Waals surface area contributed by atoms with E-state index in [1.54, 1.807) is 4.90 Å². The Labute approximate surface area is 183 Å². The number of carbonyl (C=O) groups is 1. The van der Waals surface area contributed by atoms with E-state index in [2.05, 4.69) is 25.3 Å². The van der Waals surface area contributed by atoms with E-state index in [9.17, 15) is 18.7 Å². The highest BCUT2D eigenvalue weighted by molar-refractivity contribution is 6.12. The van der Waals surface area contributed by atoms with Crippen molar-refractivity contribution < 1.29 is 18.7 Å². The molecule has 0 atom stereocenters. The molecule has 0 radical (unpaired) electrons. The number of nitrogens with zero attached hydrogens (tertiary/aromatic N) is 6. The van der Waals surface area contributed by atoms with Gasteiger partial charge < -0.3 is 15.3 Å². The molecule has 1 aliphatic carbocycles. The van der Waals surface area contributed by atoms with Gasteiger partial charge in [0.1, 0.15) is 18.2 Å². The number of fused-ring (bicyclic) bond motifs is 1. The molecule has 0 bridgehead atoms. The van der Waals surface area contributed by atoms with Crippen molar-refractivity contribution in [1.29, 1.82) is 0 Å². The van der Waals surface area contributed by atoms with E-state index < -0.39 is 11.3 Å². The van der Waals surface area contributed by atoms with Crippen LogP contribution < -0.4 is 15.1 Å². The molecule has 1 saturated carbocycles. The van der Waals surface area contributed by atoms with Gasteiger partial charge in [-0.25, -0.2) is 28.7 Å². The highest BCUT2D eigenvalue weighted by atomic mass is 19.3. The first kappa shape index (κ1) is 20.9. The Morgan fingerprint density at radius 1 is 1.16 bits per heavy atom. The first-order valence-corrected chi connectivity index (χ1v) is 10.8. The highest BCUT2D eigenvalue weighted by Crippen LogP contribution is 2.47. The molecule has 0 spiro atoms. The van der Waals surface area contributed by atoms with E-state index in [4.69, 9.17) is 0 Å². The fourth-order valence-corrected chi connectivity index (χ4v) is 4.18. The topological polar surface area (TPSA) is 107 Å². The van der Waals surface area contributed by atoms with Gasteiger partial charge in [0.2, 0.25) is 11.9 Å². The van der Waals surface area contributed by atoms with Crippen molar-refractivity contribution in [2.75, 3.05) is 28.2 Å². The van der Waals surface area contributed by atoms with Gasteiger partial charge in [-0.2, -0.15) is 0 Å². The van der Waals surface area contributed by atoms with Crippen molar-refractivity contribution >= 4 is 29.2 Å². The van der Waals surface area contributed by atoms with Gasteiger partial charge in [0, 0.05) is 32.0 Å². The van der Waals surface area contributed by atoms with Crippen LogP contribution >= 0.6 is 0 Å². The van der Waals surface area contributed by atoms with E-state index in [1.165, 1.54) is 17.3 Å². The molecule has 5 rings (SSSR count). The molecule has 2 aromatic heterocycles. The summed E-state index contributed by atoms with van der Waals surface area (Å²) in [4.78, 5) is 34.1. The summed E-state index contributed by atoms with van der Waals surface area (Å²) in [6.45, 7) is 3.63. The normalized spacial score (nSPS) is 21.6. The Balaban J connectivity index is 1.49. The fourth-order valence-electron chi connectivity index (χ4n) is 4.18. The summed E-state index contributed by atoms with van der Waals surface area (Å²) in [5.74, 6) is -1.32. The second kappa shape index (κ2) is 7.29. The quantitative estimate of drug-likeness (QED) is 0.723. The van der Waals surface area contributed by atoms with Crippen LogP contribution in [-0.4, -0.2) is 56.0 Å². The zero-order chi connectivity index (χ0) is 22.7. The first-order chi connectivity index (χ1) is 15.2. The minimum atomic E-state index is -2.65. The Morgan fingerprint density at radius 2 is 1.81 bits per heavy atom. The molecule has 2 aromatic rings. The van der Waals surface area contributed by atoms with Gasteiger partial charge in [0.25, 0.3) is 5.92 Å². The minimum absolute atomic E-state index is 0.175. The monoisotopic (exact) mass is 445 g/mol. The molecule has 4 heterocycles. The summed E-state index contributed by atoms with van der Waals surface area (Å²) in [5.41, 5.74) is 0.208. The van der Waals surface area contributed by atoms with E-state index in [-0.39, 0.29) is 44.3 Å². The van der Waals surface area contributed by atoms with Gasteiger partial charge in [0.05, 0.1) is 29.1 Å². The number of anilines is 4. The molecule has 1 amide bonds. The minimum Gasteiger partial charge on any atom is -0.388 e. The number of carbonyl (C=O) groups excluding carboxylic acids is 1. The van der Waals surface area contributed by atoms with Gasteiger partial charge >= 0.3 is 0 Å². The van der Waals surface area contributed by atoms with Crippen LogP contribution in [0.2, 0.25) is 0 Å². The van der Waals surface area contributed by atoms with Crippen molar-refractivity contribution in [3.8, 4) is 0 Å². The van der Waals surface area contributed by atoms with Gasteiger partial charge in [-0.15, -0.1) is 0 Å². The van der Waals surface area contributed by atoms with E-state index in [0.29, 0.717) is 34.9 Å². The lowest BCUT2D eigenvalue weighted by atomic mass is 9.87. The van der Waals surface area contributed by atoms with Crippen LogP contribution in [0, 0.1) is 0 Å². The lowest BCUT2D eigenvalue weighted by Crippen LogP contribution is -2.40. The number of hydrogen-bond donors (Lipinski definition) is 2. The summed E-state index contributed by atoms with van der Waals surface area (Å²) in [6, 6.07) is 0.306. The second-order valence-electron chi connectivity index (χ2n) is 9.11. The smallest absolute Gasteiger partial charge is 0.251 e. The van der Waals surface area contributed by atoms with E-state index in [0.717, 1.165) is 12.8 Å². The van der Waals surface area contributed by atoms with Crippen molar-refractivity contribution in [3.05, 3.63) is 23.8 Å². The standard InChI is InChI=1S/C21H25F2N7O2/c1-20(2)15-16(26-12-3-4-12)27-14(11-31)28-17(15)30(18(20)32)13-9-24-19(25-10-13)29-7-5-21(22,23)6-8-29/h9-10,12,31H,3-8,11H2,1-2H3,(H,26,27,28). The first-order valence-electron chi connectivity index (χ1n) is 10.8. The number of rotatable bonds is 5. The average Bonchev–Trinajstić information content (AvgIpc) is 3.54. The van der Waals surface area contributed by atoms with Crippen LogP contribution in [-0.2, 0) is 16.8 Å². The number of amides is 1. The largest absolute Gasteiger partial charge is 0.388 e. The Kier molecular flexibility index (Phi) is 4.77. The summed E-state index contributed by atoms with van der Waals surface area (Å²) < 4.78 is 26.9. The SMILES string of the molecule is CC1(C)C(=O)N(c2cnc(N3CCC(F)(F)CC3)nc2)c2nc(CO)nc(NC3CC3)c21. The number of halogens is 2. The summed E-state index contributed by atoms with van der Waals surface area (Å²) in [5, 5.41) is 13.0. The molecule has 2 aliphatic heterocycles. The van der Waals surface area contributed by atoms with Crippen molar-refractivity contribution in [2.24, 2.45) is 0 Å². The van der Waals surface area contributed by atoms with Gasteiger partial charge in [-0.05, 0) is 26.7 Å². The Morgan fingerprint density at radius 3 is 2.41 bits per heavy atom.